The van der Waals surface area contributed by atoms with E-state index in [1.165, 1.54) is 16.1 Å². The molecule has 2 aromatic rings. The van der Waals surface area contributed by atoms with E-state index in [-0.39, 0.29) is 23.1 Å². The molecule has 0 bridgehead atoms. The quantitative estimate of drug-likeness (QED) is 0.643. The number of sulfonamides is 1. The first-order valence-corrected chi connectivity index (χ1v) is 13.3. The maximum atomic E-state index is 13.1. The van der Waals surface area contributed by atoms with E-state index in [4.69, 9.17) is 0 Å². The molecule has 1 saturated heterocycles. The van der Waals surface area contributed by atoms with Crippen molar-refractivity contribution in [3.63, 3.8) is 0 Å². The largest absolute Gasteiger partial charge is 0.354 e. The third kappa shape index (κ3) is 4.36. The third-order valence-corrected chi connectivity index (χ3v) is 8.78. The molecule has 0 spiro atoms. The first-order valence-electron chi connectivity index (χ1n) is 11.9. The molecule has 3 heterocycles. The molecule has 10 heteroatoms. The number of carbonyl (C=O) groups is 2. The molecule has 2 aliphatic rings. The second-order valence-corrected chi connectivity index (χ2v) is 11.0. The summed E-state index contributed by atoms with van der Waals surface area (Å²) >= 11 is 0. The van der Waals surface area contributed by atoms with Gasteiger partial charge in [0.25, 0.3) is 0 Å². The molecule has 0 unspecified atom stereocenters. The van der Waals surface area contributed by atoms with Crippen molar-refractivity contribution < 1.29 is 18.0 Å². The highest BCUT2D eigenvalue weighted by Gasteiger charge is 2.38. The molecule has 0 radical (unpaired) electrons. The Hall–Kier alpha value is -2.72. The summed E-state index contributed by atoms with van der Waals surface area (Å²) in [4.78, 5) is 27.2. The minimum absolute atomic E-state index is 0.219. The number of hydrogen-bond donors (Lipinski definition) is 1. The van der Waals surface area contributed by atoms with Crippen LogP contribution in [0.3, 0.4) is 0 Å². The molecular formula is C24H33N5O4S. The molecular weight excluding hydrogens is 454 g/mol. The number of amides is 2. The minimum atomic E-state index is -3.57. The lowest BCUT2D eigenvalue weighted by Crippen LogP contribution is -2.47. The number of hydrogen-bond acceptors (Lipinski definition) is 5. The fraction of sp³-hybridized carbons (Fsp3) is 0.542. The Morgan fingerprint density at radius 1 is 1.18 bits per heavy atom. The number of benzene rings is 1. The van der Waals surface area contributed by atoms with Crippen molar-refractivity contribution in [2.24, 2.45) is 0 Å². The zero-order valence-corrected chi connectivity index (χ0v) is 21.1. The number of nitrogens with one attached hydrogen (secondary N) is 1. The fourth-order valence-electron chi connectivity index (χ4n) is 5.10. The standard InChI is InChI=1S/C24H33N5O4S/c1-5-28-17(3)21(16(2)26-28)10-11-25-24(31)23-15-19-14-20(8-9-22(19)29(23)18(4)30)34(32,33)27-12-6-7-13-27/h8-9,14,23H,5-7,10-13,15H2,1-4H3,(H,25,31)/t23-/m0/s1. The Morgan fingerprint density at radius 2 is 1.88 bits per heavy atom. The van der Waals surface area contributed by atoms with E-state index < -0.39 is 16.1 Å². The summed E-state index contributed by atoms with van der Waals surface area (Å²) in [6, 6.07) is 4.12. The highest BCUT2D eigenvalue weighted by Crippen LogP contribution is 2.35. The molecule has 2 aliphatic heterocycles. The summed E-state index contributed by atoms with van der Waals surface area (Å²) in [6.07, 6.45) is 2.67. The number of rotatable bonds is 7. The lowest BCUT2D eigenvalue weighted by Gasteiger charge is -2.23. The Balaban J connectivity index is 1.49. The van der Waals surface area contributed by atoms with E-state index >= 15 is 0 Å². The number of aromatic nitrogens is 2. The van der Waals surface area contributed by atoms with Crippen molar-refractivity contribution >= 4 is 27.5 Å². The van der Waals surface area contributed by atoms with Gasteiger partial charge in [0.05, 0.1) is 10.6 Å². The predicted octanol–water partition coefficient (Wildman–Crippen LogP) is 1.94. The SMILES string of the molecule is CCn1nc(C)c(CCNC(=O)[C@@H]2Cc3cc(S(=O)(=O)N4CCCC4)ccc3N2C(C)=O)c1C. The summed E-state index contributed by atoms with van der Waals surface area (Å²) in [5.41, 5.74) is 4.48. The van der Waals surface area contributed by atoms with Crippen molar-refractivity contribution in [1.29, 1.82) is 0 Å². The van der Waals surface area contributed by atoms with Gasteiger partial charge in [0.2, 0.25) is 21.8 Å². The Kier molecular flexibility index (Phi) is 6.82. The molecule has 1 N–H and O–H groups in total. The third-order valence-electron chi connectivity index (χ3n) is 6.89. The zero-order chi connectivity index (χ0) is 24.6. The molecule has 9 nitrogen and oxygen atoms in total. The average molecular weight is 488 g/mol. The van der Waals surface area contributed by atoms with Crippen LogP contribution in [0.2, 0.25) is 0 Å². The van der Waals surface area contributed by atoms with Crippen LogP contribution in [0, 0.1) is 13.8 Å². The Morgan fingerprint density at radius 3 is 2.50 bits per heavy atom. The van der Waals surface area contributed by atoms with Crippen LogP contribution in [0.15, 0.2) is 23.1 Å². The second kappa shape index (κ2) is 9.50. The van der Waals surface area contributed by atoms with E-state index in [0.717, 1.165) is 36.3 Å². The van der Waals surface area contributed by atoms with Gasteiger partial charge in [0.1, 0.15) is 6.04 Å². The fourth-order valence-corrected chi connectivity index (χ4v) is 6.67. The van der Waals surface area contributed by atoms with Crippen molar-refractivity contribution in [2.45, 2.75) is 70.9 Å². The normalized spacial score (nSPS) is 18.4. The summed E-state index contributed by atoms with van der Waals surface area (Å²) in [5.74, 6) is -0.487. The van der Waals surface area contributed by atoms with Gasteiger partial charge in [-0.2, -0.15) is 9.40 Å². The van der Waals surface area contributed by atoms with E-state index in [1.807, 2.05) is 25.5 Å². The number of aryl methyl sites for hydroxylation is 2. The molecule has 4 rings (SSSR count). The Labute approximate surface area is 201 Å². The van der Waals surface area contributed by atoms with Crippen molar-refractivity contribution in [3.05, 3.63) is 40.7 Å². The van der Waals surface area contributed by atoms with Gasteiger partial charge in [-0.1, -0.05) is 0 Å². The number of nitrogens with zero attached hydrogens (tertiary/aromatic N) is 4. The van der Waals surface area contributed by atoms with Crippen molar-refractivity contribution in [1.82, 2.24) is 19.4 Å². The van der Waals surface area contributed by atoms with E-state index in [0.29, 0.717) is 37.3 Å². The van der Waals surface area contributed by atoms with Crippen LogP contribution in [0.1, 0.15) is 49.2 Å². The van der Waals surface area contributed by atoms with Crippen LogP contribution in [0.25, 0.3) is 0 Å². The topological polar surface area (TPSA) is 105 Å². The average Bonchev–Trinajstić information content (AvgIpc) is 3.52. The minimum Gasteiger partial charge on any atom is -0.354 e. The smallest absolute Gasteiger partial charge is 0.243 e. The maximum Gasteiger partial charge on any atom is 0.243 e. The zero-order valence-electron chi connectivity index (χ0n) is 20.3. The maximum absolute atomic E-state index is 13.1. The molecule has 2 amide bonds. The van der Waals surface area contributed by atoms with Gasteiger partial charge < -0.3 is 5.32 Å². The number of fused-ring (bicyclic) bond motifs is 1. The van der Waals surface area contributed by atoms with Crippen LogP contribution in [0.4, 0.5) is 5.69 Å². The van der Waals surface area contributed by atoms with Gasteiger partial charge in [-0.05, 0) is 69.4 Å². The molecule has 0 saturated carbocycles. The first kappa shape index (κ1) is 24.4. The van der Waals surface area contributed by atoms with E-state index in [2.05, 4.69) is 10.4 Å². The predicted molar refractivity (Wildman–Crippen MR) is 129 cm³/mol. The Bertz CT molecular complexity index is 1210. The number of anilines is 1. The summed E-state index contributed by atoms with van der Waals surface area (Å²) in [5, 5.41) is 7.49. The summed E-state index contributed by atoms with van der Waals surface area (Å²) in [7, 11) is -3.57. The molecule has 1 aromatic heterocycles. The summed E-state index contributed by atoms with van der Waals surface area (Å²) in [6.45, 7) is 9.75. The van der Waals surface area contributed by atoms with Crippen molar-refractivity contribution in [3.8, 4) is 0 Å². The highest BCUT2D eigenvalue weighted by atomic mass is 32.2. The van der Waals surface area contributed by atoms with Gasteiger partial charge in [0, 0.05) is 50.9 Å². The first-order chi connectivity index (χ1) is 16.1. The number of carbonyl (C=O) groups excluding carboxylic acids is 2. The van der Waals surface area contributed by atoms with Crippen LogP contribution >= 0.6 is 0 Å². The highest BCUT2D eigenvalue weighted by molar-refractivity contribution is 7.89. The molecule has 184 valence electrons. The van der Waals surface area contributed by atoms with Gasteiger partial charge in [-0.3, -0.25) is 19.2 Å². The second-order valence-electron chi connectivity index (χ2n) is 9.02. The van der Waals surface area contributed by atoms with Crippen LogP contribution in [-0.4, -0.2) is 60.0 Å². The lowest BCUT2D eigenvalue weighted by molar-refractivity contribution is -0.125. The van der Waals surface area contributed by atoms with E-state index in [1.54, 1.807) is 18.2 Å². The van der Waals surface area contributed by atoms with Crippen molar-refractivity contribution in [2.75, 3.05) is 24.5 Å². The van der Waals surface area contributed by atoms with Crippen LogP contribution < -0.4 is 10.2 Å². The summed E-state index contributed by atoms with van der Waals surface area (Å²) < 4.78 is 29.4. The monoisotopic (exact) mass is 487 g/mol. The van der Waals surface area contributed by atoms with Gasteiger partial charge in [-0.25, -0.2) is 8.42 Å². The molecule has 1 aromatic carbocycles. The molecule has 1 atom stereocenters. The molecule has 1 fully saturated rings. The lowest BCUT2D eigenvalue weighted by atomic mass is 10.1. The van der Waals surface area contributed by atoms with Crippen LogP contribution in [-0.2, 0) is 39.0 Å². The molecule has 0 aliphatic carbocycles. The molecule has 34 heavy (non-hydrogen) atoms. The van der Waals surface area contributed by atoms with E-state index in [9.17, 15) is 18.0 Å². The van der Waals surface area contributed by atoms with Crippen LogP contribution in [0.5, 0.6) is 0 Å². The van der Waals surface area contributed by atoms with Gasteiger partial charge >= 0.3 is 0 Å². The van der Waals surface area contributed by atoms with Gasteiger partial charge in [0.15, 0.2) is 0 Å². The van der Waals surface area contributed by atoms with Gasteiger partial charge in [-0.15, -0.1) is 0 Å².